The molecule has 5 nitrogen and oxygen atoms in total. The Morgan fingerprint density at radius 1 is 1.24 bits per heavy atom. The summed E-state index contributed by atoms with van der Waals surface area (Å²) in [5, 5.41) is 7.86. The van der Waals surface area contributed by atoms with Gasteiger partial charge in [-0.3, -0.25) is 4.79 Å². The average molecular weight is 426 g/mol. The minimum atomic E-state index is -0.346. The smallest absolute Gasteiger partial charge is 0.290 e. The van der Waals surface area contributed by atoms with Crippen LogP contribution in [0.25, 0.3) is 10.2 Å². The molecule has 146 valence electrons. The van der Waals surface area contributed by atoms with Crippen LogP contribution in [0, 0.1) is 5.82 Å². The van der Waals surface area contributed by atoms with Gasteiger partial charge in [0.1, 0.15) is 11.6 Å². The fraction of sp³-hybridized carbons (Fsp3) is 0.0952. The van der Waals surface area contributed by atoms with Crippen LogP contribution >= 0.6 is 22.7 Å². The summed E-state index contributed by atoms with van der Waals surface area (Å²) in [6, 6.07) is 15.3. The van der Waals surface area contributed by atoms with Crippen LogP contribution in [0.3, 0.4) is 0 Å². The van der Waals surface area contributed by atoms with Gasteiger partial charge < -0.3 is 4.74 Å². The van der Waals surface area contributed by atoms with Crippen LogP contribution in [0.15, 0.2) is 65.1 Å². The molecule has 4 aromatic rings. The van der Waals surface area contributed by atoms with E-state index in [0.29, 0.717) is 26.8 Å². The predicted molar refractivity (Wildman–Crippen MR) is 116 cm³/mol. The number of halogens is 1. The third kappa shape index (κ3) is 4.33. The summed E-state index contributed by atoms with van der Waals surface area (Å²) in [5.74, 6) is 0.132. The molecule has 4 rings (SSSR count). The molecule has 0 saturated carbocycles. The number of hydrazone groups is 1. The van der Waals surface area contributed by atoms with E-state index in [1.54, 1.807) is 24.4 Å². The molecule has 2 aromatic carbocycles. The Hall–Kier alpha value is -3.10. The number of aromatic nitrogens is 1. The number of hydrogen-bond acceptors (Lipinski definition) is 6. The first-order valence-electron chi connectivity index (χ1n) is 8.85. The quantitative estimate of drug-likeness (QED) is 0.299. The lowest BCUT2D eigenvalue weighted by Crippen LogP contribution is -2.24. The Balaban J connectivity index is 1.68. The molecule has 1 amide bonds. The Kier molecular flexibility index (Phi) is 5.64. The predicted octanol–water partition coefficient (Wildman–Crippen LogP) is 5.58. The molecule has 0 unspecified atom stereocenters. The number of rotatable bonds is 6. The van der Waals surface area contributed by atoms with Gasteiger partial charge in [0, 0.05) is 0 Å². The fourth-order valence-electron chi connectivity index (χ4n) is 2.61. The van der Waals surface area contributed by atoms with Crippen LogP contribution in [0.2, 0.25) is 0 Å². The maximum Gasteiger partial charge on any atom is 0.290 e. The van der Waals surface area contributed by atoms with E-state index in [9.17, 15) is 9.18 Å². The monoisotopic (exact) mass is 425 g/mol. The highest BCUT2D eigenvalue weighted by Crippen LogP contribution is 2.31. The van der Waals surface area contributed by atoms with E-state index in [1.807, 2.05) is 36.6 Å². The van der Waals surface area contributed by atoms with E-state index in [-0.39, 0.29) is 11.7 Å². The van der Waals surface area contributed by atoms with Crippen LogP contribution in [-0.4, -0.2) is 23.7 Å². The van der Waals surface area contributed by atoms with E-state index in [2.05, 4.69) is 10.1 Å². The Morgan fingerprint density at radius 3 is 2.79 bits per heavy atom. The van der Waals surface area contributed by atoms with Crippen molar-refractivity contribution >= 4 is 50.1 Å². The summed E-state index contributed by atoms with van der Waals surface area (Å²) in [6.45, 7) is 2.52. The van der Waals surface area contributed by atoms with E-state index in [1.165, 1.54) is 39.8 Å². The number of amides is 1. The first-order valence-corrected chi connectivity index (χ1v) is 10.5. The van der Waals surface area contributed by atoms with Gasteiger partial charge in [-0.15, -0.1) is 11.3 Å². The van der Waals surface area contributed by atoms with Gasteiger partial charge in [-0.25, -0.2) is 9.37 Å². The molecule has 0 N–H and O–H groups in total. The van der Waals surface area contributed by atoms with Crippen molar-refractivity contribution in [1.29, 1.82) is 0 Å². The van der Waals surface area contributed by atoms with Crippen molar-refractivity contribution in [2.24, 2.45) is 5.10 Å². The summed E-state index contributed by atoms with van der Waals surface area (Å²) >= 11 is 2.54. The van der Waals surface area contributed by atoms with Crippen molar-refractivity contribution in [3.8, 4) is 5.75 Å². The summed E-state index contributed by atoms with van der Waals surface area (Å²) < 4.78 is 19.6. The minimum absolute atomic E-state index is 0.290. The number of anilines is 1. The van der Waals surface area contributed by atoms with E-state index < -0.39 is 0 Å². The maximum atomic E-state index is 13.5. The Bertz CT molecular complexity index is 1150. The first-order chi connectivity index (χ1) is 14.1. The van der Waals surface area contributed by atoms with Gasteiger partial charge in [0.05, 0.1) is 27.9 Å². The summed E-state index contributed by atoms with van der Waals surface area (Å²) in [6.07, 6.45) is 1.59. The average Bonchev–Trinajstić information content (AvgIpc) is 3.39. The molecular weight excluding hydrogens is 409 g/mol. The van der Waals surface area contributed by atoms with Crippen LogP contribution in [0.1, 0.15) is 22.2 Å². The topological polar surface area (TPSA) is 54.8 Å². The molecule has 0 atom stereocenters. The maximum absolute atomic E-state index is 13.5. The zero-order valence-electron chi connectivity index (χ0n) is 15.4. The SMILES string of the molecule is CCOc1ccc(/C=N/N(C(=O)c2cccs2)c2nc3ccc(F)cc3s2)cc1. The second-order valence-electron chi connectivity index (χ2n) is 5.95. The van der Waals surface area contributed by atoms with Gasteiger partial charge in [0.15, 0.2) is 0 Å². The third-order valence-corrected chi connectivity index (χ3v) is 5.81. The molecule has 0 saturated heterocycles. The molecule has 0 aliphatic carbocycles. The number of carbonyl (C=O) groups excluding carboxylic acids is 1. The molecule has 0 spiro atoms. The molecule has 2 aromatic heterocycles. The number of ether oxygens (including phenoxy) is 1. The Labute approximate surface area is 174 Å². The van der Waals surface area contributed by atoms with Crippen LogP contribution in [-0.2, 0) is 0 Å². The molecule has 29 heavy (non-hydrogen) atoms. The normalized spacial score (nSPS) is 11.2. The van der Waals surface area contributed by atoms with Gasteiger partial charge in [-0.2, -0.15) is 10.1 Å². The van der Waals surface area contributed by atoms with Crippen LogP contribution in [0.5, 0.6) is 5.75 Å². The van der Waals surface area contributed by atoms with Crippen molar-refractivity contribution in [3.63, 3.8) is 0 Å². The highest BCUT2D eigenvalue weighted by molar-refractivity contribution is 7.22. The van der Waals surface area contributed by atoms with E-state index in [4.69, 9.17) is 4.74 Å². The number of carbonyl (C=O) groups is 1. The second kappa shape index (κ2) is 8.50. The molecular formula is C21H16FN3O2S2. The molecule has 0 bridgehead atoms. The third-order valence-electron chi connectivity index (χ3n) is 3.96. The summed E-state index contributed by atoms with van der Waals surface area (Å²) in [7, 11) is 0. The lowest BCUT2D eigenvalue weighted by molar-refractivity contribution is 0.0991. The largest absolute Gasteiger partial charge is 0.494 e. The van der Waals surface area contributed by atoms with Gasteiger partial charge in [0.2, 0.25) is 5.13 Å². The zero-order chi connectivity index (χ0) is 20.2. The molecule has 8 heteroatoms. The van der Waals surface area contributed by atoms with Crippen molar-refractivity contribution in [2.45, 2.75) is 6.92 Å². The minimum Gasteiger partial charge on any atom is -0.494 e. The molecule has 2 heterocycles. The fourth-order valence-corrected chi connectivity index (χ4v) is 4.21. The number of fused-ring (bicyclic) bond motifs is 1. The van der Waals surface area contributed by atoms with E-state index >= 15 is 0 Å². The van der Waals surface area contributed by atoms with Crippen molar-refractivity contribution < 1.29 is 13.9 Å². The van der Waals surface area contributed by atoms with Crippen molar-refractivity contribution in [1.82, 2.24) is 4.98 Å². The van der Waals surface area contributed by atoms with Crippen LogP contribution < -0.4 is 9.75 Å². The molecule has 0 aliphatic heterocycles. The number of thiazole rings is 1. The lowest BCUT2D eigenvalue weighted by Gasteiger charge is -2.12. The highest BCUT2D eigenvalue weighted by Gasteiger charge is 2.21. The van der Waals surface area contributed by atoms with Crippen molar-refractivity contribution in [2.75, 3.05) is 11.6 Å². The number of thiophene rings is 1. The molecule has 0 radical (unpaired) electrons. The van der Waals surface area contributed by atoms with Gasteiger partial charge >= 0.3 is 0 Å². The van der Waals surface area contributed by atoms with Gasteiger partial charge in [-0.05, 0) is 66.4 Å². The zero-order valence-corrected chi connectivity index (χ0v) is 17.0. The summed E-state index contributed by atoms with van der Waals surface area (Å²) in [5.41, 5.74) is 1.43. The van der Waals surface area contributed by atoms with Crippen molar-refractivity contribution in [3.05, 3.63) is 76.2 Å². The van der Waals surface area contributed by atoms with E-state index in [0.717, 1.165) is 11.3 Å². The number of benzene rings is 2. The standard InChI is InChI=1S/C21H16FN3O2S2/c1-2-27-16-8-5-14(6-9-16)13-23-25(20(26)18-4-3-11-28-18)21-24-17-10-7-15(22)12-19(17)29-21/h3-13H,2H2,1H3/b23-13+. The number of nitrogens with zero attached hydrogens (tertiary/aromatic N) is 3. The molecule has 0 aliphatic rings. The second-order valence-corrected chi connectivity index (χ2v) is 7.91. The van der Waals surface area contributed by atoms with Gasteiger partial charge in [-0.1, -0.05) is 17.4 Å². The Morgan fingerprint density at radius 2 is 2.07 bits per heavy atom. The highest BCUT2D eigenvalue weighted by atomic mass is 32.1. The number of hydrogen-bond donors (Lipinski definition) is 0. The lowest BCUT2D eigenvalue weighted by atomic mass is 10.2. The summed E-state index contributed by atoms with van der Waals surface area (Å²) in [4.78, 5) is 18.0. The molecule has 0 fully saturated rings. The first kappa shape index (κ1) is 19.2. The van der Waals surface area contributed by atoms with Crippen LogP contribution in [0.4, 0.5) is 9.52 Å². The van der Waals surface area contributed by atoms with Gasteiger partial charge in [0.25, 0.3) is 5.91 Å².